The zero-order valence-corrected chi connectivity index (χ0v) is 21.3. The number of hydrogen-bond acceptors (Lipinski definition) is 6. The number of aromatic nitrogens is 3. The van der Waals surface area contributed by atoms with Crippen molar-refractivity contribution in [3.8, 4) is 11.6 Å². The van der Waals surface area contributed by atoms with Crippen LogP contribution >= 0.6 is 0 Å². The minimum atomic E-state index is -0.0640. The van der Waals surface area contributed by atoms with Crippen LogP contribution in [0.15, 0.2) is 72.9 Å². The maximum atomic E-state index is 12.7. The zero-order valence-electron chi connectivity index (χ0n) is 21.3. The van der Waals surface area contributed by atoms with Crippen LogP contribution < -0.4 is 15.4 Å². The van der Waals surface area contributed by atoms with Crippen molar-refractivity contribution in [2.45, 2.75) is 25.7 Å². The second-order valence-electron chi connectivity index (χ2n) is 9.27. The molecule has 2 aromatic carbocycles. The Balaban J connectivity index is 1.16. The predicted octanol–water partition coefficient (Wildman–Crippen LogP) is 3.58. The van der Waals surface area contributed by atoms with E-state index in [-0.39, 0.29) is 18.2 Å². The molecule has 9 heteroatoms. The Morgan fingerprint density at radius 3 is 2.61 bits per heavy atom. The summed E-state index contributed by atoms with van der Waals surface area (Å²) >= 11 is 0. The third kappa shape index (κ3) is 6.29. The third-order valence-electron chi connectivity index (χ3n) is 6.56. The Bertz CT molecular complexity index is 1370. The van der Waals surface area contributed by atoms with Crippen LogP contribution in [0.4, 0.5) is 5.82 Å². The molecule has 3 heterocycles. The van der Waals surface area contributed by atoms with Crippen molar-refractivity contribution >= 4 is 28.5 Å². The highest BCUT2D eigenvalue weighted by Gasteiger charge is 2.19. The van der Waals surface area contributed by atoms with E-state index < -0.39 is 0 Å². The molecule has 4 aromatic rings. The first-order valence-electron chi connectivity index (χ1n) is 13.1. The smallest absolute Gasteiger partial charge is 0.224 e. The molecule has 1 saturated heterocycles. The lowest BCUT2D eigenvalue weighted by Gasteiger charge is -2.15. The lowest BCUT2D eigenvalue weighted by atomic mass is 10.1. The van der Waals surface area contributed by atoms with Gasteiger partial charge < -0.3 is 20.3 Å². The van der Waals surface area contributed by atoms with Gasteiger partial charge in [-0.15, -0.1) is 10.2 Å². The average Bonchev–Trinajstić information content (AvgIpc) is 3.53. The van der Waals surface area contributed by atoms with Gasteiger partial charge in [-0.2, -0.15) is 0 Å². The molecule has 0 saturated carbocycles. The third-order valence-corrected chi connectivity index (χ3v) is 6.56. The fourth-order valence-electron chi connectivity index (χ4n) is 4.67. The number of carbonyl (C=O) groups excluding carboxylic acids is 2. The second-order valence-corrected chi connectivity index (χ2v) is 9.27. The van der Waals surface area contributed by atoms with Crippen molar-refractivity contribution in [2.75, 3.05) is 38.1 Å². The molecule has 0 unspecified atom stereocenters. The van der Waals surface area contributed by atoms with E-state index in [1.165, 1.54) is 0 Å². The number of carbonyl (C=O) groups is 2. The normalized spacial score (nSPS) is 13.2. The molecule has 1 fully saturated rings. The van der Waals surface area contributed by atoms with E-state index in [1.54, 1.807) is 0 Å². The van der Waals surface area contributed by atoms with Gasteiger partial charge >= 0.3 is 0 Å². The first-order valence-corrected chi connectivity index (χ1v) is 13.1. The summed E-state index contributed by atoms with van der Waals surface area (Å²) in [5.41, 5.74) is 1.88. The SMILES string of the molecule is O=C(Cc1cn(-c2ccc(NCCCN3CCCC3=O)nn2)c2ccccc12)NCCOc1ccccc1. The van der Waals surface area contributed by atoms with Crippen LogP contribution in [0.1, 0.15) is 24.8 Å². The fraction of sp³-hybridized carbons (Fsp3) is 0.310. The monoisotopic (exact) mass is 512 g/mol. The molecule has 9 nitrogen and oxygen atoms in total. The highest BCUT2D eigenvalue weighted by molar-refractivity contribution is 5.90. The second kappa shape index (κ2) is 12.2. The van der Waals surface area contributed by atoms with Gasteiger partial charge in [-0.05, 0) is 48.7 Å². The molecule has 2 aromatic heterocycles. The molecule has 0 aliphatic carbocycles. The van der Waals surface area contributed by atoms with E-state index in [9.17, 15) is 9.59 Å². The molecule has 196 valence electrons. The maximum Gasteiger partial charge on any atom is 0.224 e. The summed E-state index contributed by atoms with van der Waals surface area (Å²) in [4.78, 5) is 26.3. The number of amides is 2. The summed E-state index contributed by atoms with van der Waals surface area (Å²) in [5, 5.41) is 16.0. The number of anilines is 1. The van der Waals surface area contributed by atoms with Crippen molar-refractivity contribution < 1.29 is 14.3 Å². The van der Waals surface area contributed by atoms with E-state index in [0.717, 1.165) is 54.7 Å². The Morgan fingerprint density at radius 1 is 0.974 bits per heavy atom. The van der Waals surface area contributed by atoms with Gasteiger partial charge in [-0.3, -0.25) is 14.2 Å². The lowest BCUT2D eigenvalue weighted by molar-refractivity contribution is -0.127. The summed E-state index contributed by atoms with van der Waals surface area (Å²) in [6.07, 6.45) is 4.70. The lowest BCUT2D eigenvalue weighted by Crippen LogP contribution is -2.29. The molecule has 0 atom stereocenters. The molecular weight excluding hydrogens is 480 g/mol. The number of para-hydroxylation sites is 2. The number of nitrogens with one attached hydrogen (secondary N) is 2. The van der Waals surface area contributed by atoms with E-state index in [0.29, 0.717) is 31.2 Å². The van der Waals surface area contributed by atoms with Crippen molar-refractivity contribution in [3.63, 3.8) is 0 Å². The number of rotatable bonds is 12. The maximum absolute atomic E-state index is 12.7. The van der Waals surface area contributed by atoms with Gasteiger partial charge in [0.15, 0.2) is 5.82 Å². The molecule has 1 aliphatic heterocycles. The summed E-state index contributed by atoms with van der Waals surface area (Å²) in [6, 6.07) is 21.3. The summed E-state index contributed by atoms with van der Waals surface area (Å²) in [6.45, 7) is 3.19. The van der Waals surface area contributed by atoms with Crippen molar-refractivity contribution in [1.29, 1.82) is 0 Å². The molecule has 2 N–H and O–H groups in total. The van der Waals surface area contributed by atoms with Crippen LogP contribution in [-0.4, -0.2) is 64.3 Å². The number of ether oxygens (including phenoxy) is 1. The standard InChI is InChI=1S/C29H32N6O3/c36-28(31-16-19-38-23-8-2-1-3-9-23)20-22-21-35(25-11-5-4-10-24(22)25)27-14-13-26(32-33-27)30-15-7-18-34-17-6-12-29(34)37/h1-5,8-11,13-14,21H,6-7,12,15-20H2,(H,30,32)(H,31,36). The van der Waals surface area contributed by atoms with Crippen LogP contribution in [0.5, 0.6) is 5.75 Å². The first-order chi connectivity index (χ1) is 18.7. The van der Waals surface area contributed by atoms with Gasteiger partial charge in [-0.1, -0.05) is 36.4 Å². The van der Waals surface area contributed by atoms with Crippen LogP contribution in [0.3, 0.4) is 0 Å². The average molecular weight is 513 g/mol. The van der Waals surface area contributed by atoms with Gasteiger partial charge in [0.1, 0.15) is 18.2 Å². The molecular formula is C29H32N6O3. The molecule has 38 heavy (non-hydrogen) atoms. The molecule has 0 spiro atoms. The Hall–Kier alpha value is -4.40. The van der Waals surface area contributed by atoms with E-state index >= 15 is 0 Å². The highest BCUT2D eigenvalue weighted by atomic mass is 16.5. The molecule has 2 amide bonds. The van der Waals surface area contributed by atoms with Gasteiger partial charge in [0.05, 0.1) is 18.5 Å². The van der Waals surface area contributed by atoms with Crippen molar-refractivity contribution in [1.82, 2.24) is 25.0 Å². The van der Waals surface area contributed by atoms with Crippen molar-refractivity contribution in [2.24, 2.45) is 0 Å². The zero-order chi connectivity index (χ0) is 26.2. The Labute approximate surface area is 221 Å². The Morgan fingerprint density at radius 2 is 1.82 bits per heavy atom. The van der Waals surface area contributed by atoms with Crippen LogP contribution in [0.2, 0.25) is 0 Å². The van der Waals surface area contributed by atoms with Crippen molar-refractivity contribution in [3.05, 3.63) is 78.5 Å². The summed E-state index contributed by atoms with van der Waals surface area (Å²) in [7, 11) is 0. The molecule has 5 rings (SSSR count). The van der Waals surface area contributed by atoms with E-state index in [4.69, 9.17) is 4.74 Å². The number of fused-ring (bicyclic) bond motifs is 1. The van der Waals surface area contributed by atoms with Gasteiger partial charge in [-0.25, -0.2) is 0 Å². The minimum absolute atomic E-state index is 0.0640. The molecule has 0 bridgehead atoms. The number of likely N-dealkylation sites (tertiary alicyclic amines) is 1. The van der Waals surface area contributed by atoms with Crippen LogP contribution in [0, 0.1) is 0 Å². The molecule has 0 radical (unpaired) electrons. The van der Waals surface area contributed by atoms with Gasteiger partial charge in [0, 0.05) is 37.6 Å². The van der Waals surface area contributed by atoms with Crippen LogP contribution in [0.25, 0.3) is 16.7 Å². The number of nitrogens with zero attached hydrogens (tertiary/aromatic N) is 4. The van der Waals surface area contributed by atoms with E-state index in [1.807, 2.05) is 82.4 Å². The highest BCUT2D eigenvalue weighted by Crippen LogP contribution is 2.24. The topological polar surface area (TPSA) is 101 Å². The Kier molecular flexibility index (Phi) is 8.13. The largest absolute Gasteiger partial charge is 0.492 e. The number of hydrogen-bond donors (Lipinski definition) is 2. The minimum Gasteiger partial charge on any atom is -0.492 e. The van der Waals surface area contributed by atoms with E-state index in [2.05, 4.69) is 20.8 Å². The van der Waals surface area contributed by atoms with Crippen LogP contribution in [-0.2, 0) is 16.0 Å². The summed E-state index contributed by atoms with van der Waals surface area (Å²) in [5.74, 6) is 2.34. The number of benzene rings is 2. The quantitative estimate of drug-likeness (QED) is 0.282. The van der Waals surface area contributed by atoms with Gasteiger partial charge in [0.2, 0.25) is 11.8 Å². The predicted molar refractivity (Wildman–Crippen MR) is 146 cm³/mol. The fourth-order valence-corrected chi connectivity index (χ4v) is 4.67. The first kappa shape index (κ1) is 25.3. The van der Waals surface area contributed by atoms with Gasteiger partial charge in [0.25, 0.3) is 0 Å². The summed E-state index contributed by atoms with van der Waals surface area (Å²) < 4.78 is 7.62. The molecule has 1 aliphatic rings.